The molecule has 170 valence electrons. The maximum Gasteiger partial charge on any atom is 0.323 e. The predicted octanol–water partition coefficient (Wildman–Crippen LogP) is 4.37. The van der Waals surface area contributed by atoms with Crippen molar-refractivity contribution in [2.75, 3.05) is 18.0 Å². The predicted molar refractivity (Wildman–Crippen MR) is 136 cm³/mol. The SMILES string of the molecule is Cc1[nH]n(-c2ccc(Br)c(C)c2C)c(=O)c1C=Nc1cc2[nH]c(=O)[nH]c2cc1N1CCCC1. The number of aryl methyl sites for hydroxylation is 1. The van der Waals surface area contributed by atoms with Crippen LogP contribution in [0.25, 0.3) is 16.7 Å². The average Bonchev–Trinajstić information content (AvgIpc) is 3.50. The van der Waals surface area contributed by atoms with Gasteiger partial charge in [-0.15, -0.1) is 0 Å². The molecule has 3 heterocycles. The first-order valence-electron chi connectivity index (χ1n) is 11.0. The summed E-state index contributed by atoms with van der Waals surface area (Å²) in [5.41, 5.74) is 6.89. The Morgan fingerprint density at radius 2 is 1.67 bits per heavy atom. The largest absolute Gasteiger partial charge is 0.370 e. The molecule has 0 radical (unpaired) electrons. The van der Waals surface area contributed by atoms with Crippen LogP contribution in [0.4, 0.5) is 11.4 Å². The lowest BCUT2D eigenvalue weighted by atomic mass is 10.1. The number of hydrogen-bond acceptors (Lipinski definition) is 4. The summed E-state index contributed by atoms with van der Waals surface area (Å²) in [5.74, 6) is 0. The normalized spacial score (nSPS) is 14.2. The highest BCUT2D eigenvalue weighted by Crippen LogP contribution is 2.34. The number of hydrogen-bond donors (Lipinski definition) is 3. The van der Waals surface area contributed by atoms with Crippen molar-refractivity contribution in [2.45, 2.75) is 33.6 Å². The van der Waals surface area contributed by atoms with Gasteiger partial charge in [-0.2, -0.15) is 0 Å². The van der Waals surface area contributed by atoms with E-state index in [-0.39, 0.29) is 11.2 Å². The number of imidazole rings is 1. The summed E-state index contributed by atoms with van der Waals surface area (Å²) < 4.78 is 2.58. The fourth-order valence-electron chi connectivity index (χ4n) is 4.41. The molecule has 0 amide bonds. The van der Waals surface area contributed by atoms with Crippen LogP contribution >= 0.6 is 15.9 Å². The van der Waals surface area contributed by atoms with Crippen molar-refractivity contribution in [1.82, 2.24) is 19.7 Å². The van der Waals surface area contributed by atoms with Gasteiger partial charge in [0.15, 0.2) is 0 Å². The van der Waals surface area contributed by atoms with Gasteiger partial charge in [0.05, 0.1) is 33.7 Å². The summed E-state index contributed by atoms with van der Waals surface area (Å²) in [4.78, 5) is 37.7. The number of aromatic amines is 3. The fraction of sp³-hybridized carbons (Fsp3) is 0.292. The lowest BCUT2D eigenvalue weighted by molar-refractivity contribution is 0.827. The zero-order valence-electron chi connectivity index (χ0n) is 18.8. The summed E-state index contributed by atoms with van der Waals surface area (Å²) in [6.07, 6.45) is 3.87. The van der Waals surface area contributed by atoms with Crippen LogP contribution in [0, 0.1) is 20.8 Å². The van der Waals surface area contributed by atoms with Gasteiger partial charge < -0.3 is 14.9 Å². The van der Waals surface area contributed by atoms with Crippen LogP contribution in [0.3, 0.4) is 0 Å². The second kappa shape index (κ2) is 8.22. The minimum atomic E-state index is -0.247. The molecule has 1 aliphatic rings. The van der Waals surface area contributed by atoms with Gasteiger partial charge in [0, 0.05) is 29.5 Å². The summed E-state index contributed by atoms with van der Waals surface area (Å²) in [6.45, 7) is 7.78. The molecule has 0 spiro atoms. The van der Waals surface area contributed by atoms with Crippen LogP contribution in [0.5, 0.6) is 0 Å². The van der Waals surface area contributed by atoms with E-state index in [2.05, 4.69) is 35.9 Å². The number of nitrogens with zero attached hydrogens (tertiary/aromatic N) is 3. The van der Waals surface area contributed by atoms with E-state index in [4.69, 9.17) is 4.99 Å². The van der Waals surface area contributed by atoms with E-state index in [1.807, 2.05) is 45.0 Å². The smallest absolute Gasteiger partial charge is 0.323 e. The number of aliphatic imine (C=N–C) groups is 1. The quantitative estimate of drug-likeness (QED) is 0.356. The van der Waals surface area contributed by atoms with Gasteiger partial charge in [-0.1, -0.05) is 15.9 Å². The molecule has 4 aromatic rings. The standard InChI is InChI=1S/C24H25BrN6O2/c1-13-14(2)21(7-6-17(13)25)31-23(32)16(15(3)29-31)12-26-20-10-18-19(28-24(33)27-18)11-22(20)30-8-4-5-9-30/h6-7,10-12,29H,4-5,8-9H2,1-3H3,(H2,27,28,33). The van der Waals surface area contributed by atoms with Crippen LogP contribution in [-0.4, -0.2) is 39.1 Å². The summed E-state index contributed by atoms with van der Waals surface area (Å²) in [5, 5.41) is 3.19. The first kappa shape index (κ1) is 21.5. The van der Waals surface area contributed by atoms with Crippen LogP contribution in [-0.2, 0) is 0 Å². The molecule has 1 fully saturated rings. The van der Waals surface area contributed by atoms with Crippen LogP contribution in [0.1, 0.15) is 35.2 Å². The fourth-order valence-corrected chi connectivity index (χ4v) is 4.83. The van der Waals surface area contributed by atoms with Crippen LogP contribution < -0.4 is 16.1 Å². The number of H-pyrrole nitrogens is 3. The molecular formula is C24H25BrN6O2. The Morgan fingerprint density at radius 3 is 2.39 bits per heavy atom. The minimum Gasteiger partial charge on any atom is -0.370 e. The number of fused-ring (bicyclic) bond motifs is 1. The second-order valence-corrected chi connectivity index (χ2v) is 9.38. The molecule has 33 heavy (non-hydrogen) atoms. The molecule has 1 saturated heterocycles. The van der Waals surface area contributed by atoms with Gasteiger partial charge in [0.2, 0.25) is 0 Å². The number of benzene rings is 2. The Hall–Kier alpha value is -3.33. The molecule has 9 heteroatoms. The van der Waals surface area contributed by atoms with E-state index in [1.165, 1.54) is 0 Å². The zero-order valence-corrected chi connectivity index (χ0v) is 20.3. The van der Waals surface area contributed by atoms with Gasteiger partial charge in [0.25, 0.3) is 5.56 Å². The molecule has 0 unspecified atom stereocenters. The van der Waals surface area contributed by atoms with E-state index in [0.717, 1.165) is 69.8 Å². The topological polar surface area (TPSA) is 102 Å². The third-order valence-corrected chi connectivity index (χ3v) is 7.30. The van der Waals surface area contributed by atoms with Crippen LogP contribution in [0.2, 0.25) is 0 Å². The van der Waals surface area contributed by atoms with E-state index < -0.39 is 0 Å². The maximum atomic E-state index is 13.3. The number of aromatic nitrogens is 4. The summed E-state index contributed by atoms with van der Waals surface area (Å²) in [7, 11) is 0. The Bertz CT molecular complexity index is 1510. The Balaban J connectivity index is 1.59. The van der Waals surface area contributed by atoms with Gasteiger partial charge in [-0.25, -0.2) is 9.48 Å². The van der Waals surface area contributed by atoms with Crippen molar-refractivity contribution >= 4 is 44.6 Å². The van der Waals surface area contributed by atoms with Crippen molar-refractivity contribution in [1.29, 1.82) is 0 Å². The molecule has 0 aliphatic carbocycles. The number of nitrogens with one attached hydrogen (secondary N) is 3. The third kappa shape index (κ3) is 3.76. The highest BCUT2D eigenvalue weighted by atomic mass is 79.9. The highest BCUT2D eigenvalue weighted by Gasteiger charge is 2.18. The van der Waals surface area contributed by atoms with Gasteiger partial charge in [-0.3, -0.25) is 14.9 Å². The molecule has 2 aromatic heterocycles. The van der Waals surface area contributed by atoms with Crippen LogP contribution in [0.15, 0.2) is 43.3 Å². The summed E-state index contributed by atoms with van der Waals surface area (Å²) in [6, 6.07) is 7.69. The molecule has 5 rings (SSSR count). The average molecular weight is 509 g/mol. The molecule has 2 aromatic carbocycles. The van der Waals surface area contributed by atoms with E-state index in [1.54, 1.807) is 10.9 Å². The van der Waals surface area contributed by atoms with Crippen molar-refractivity contribution in [3.63, 3.8) is 0 Å². The maximum absolute atomic E-state index is 13.3. The van der Waals surface area contributed by atoms with E-state index >= 15 is 0 Å². The monoisotopic (exact) mass is 508 g/mol. The second-order valence-electron chi connectivity index (χ2n) is 8.53. The van der Waals surface area contributed by atoms with Gasteiger partial charge in [-0.05, 0) is 69.0 Å². The molecule has 0 bridgehead atoms. The lowest BCUT2D eigenvalue weighted by Crippen LogP contribution is -2.19. The van der Waals surface area contributed by atoms with Crippen molar-refractivity contribution < 1.29 is 0 Å². The first-order valence-corrected chi connectivity index (χ1v) is 11.8. The van der Waals surface area contributed by atoms with Crippen molar-refractivity contribution in [3.05, 3.63) is 72.0 Å². The van der Waals surface area contributed by atoms with Gasteiger partial charge in [0.1, 0.15) is 0 Å². The molecule has 8 nitrogen and oxygen atoms in total. The molecule has 0 atom stereocenters. The number of halogens is 1. The van der Waals surface area contributed by atoms with Crippen molar-refractivity contribution in [3.8, 4) is 5.69 Å². The summed E-state index contributed by atoms with van der Waals surface area (Å²) >= 11 is 3.55. The number of rotatable bonds is 4. The van der Waals surface area contributed by atoms with E-state index in [9.17, 15) is 9.59 Å². The molecule has 1 aliphatic heterocycles. The number of anilines is 1. The molecule has 0 saturated carbocycles. The Labute approximate surface area is 198 Å². The highest BCUT2D eigenvalue weighted by molar-refractivity contribution is 9.10. The molecule has 3 N–H and O–H groups in total. The lowest BCUT2D eigenvalue weighted by Gasteiger charge is -2.19. The van der Waals surface area contributed by atoms with E-state index in [0.29, 0.717) is 11.1 Å². The Kier molecular flexibility index (Phi) is 5.36. The van der Waals surface area contributed by atoms with Gasteiger partial charge >= 0.3 is 5.69 Å². The third-order valence-electron chi connectivity index (χ3n) is 6.44. The van der Waals surface area contributed by atoms with Crippen molar-refractivity contribution in [2.24, 2.45) is 4.99 Å². The first-order chi connectivity index (χ1) is 15.8. The molecular weight excluding hydrogens is 484 g/mol. The Morgan fingerprint density at radius 1 is 0.970 bits per heavy atom. The zero-order chi connectivity index (χ0) is 23.3. The minimum absolute atomic E-state index is 0.153.